The average Bonchev–Trinajstić information content (AvgIpc) is 3.18. The molecule has 3 aromatic rings. The maximum atomic E-state index is 12.0. The van der Waals surface area contributed by atoms with E-state index in [2.05, 4.69) is 22.4 Å². The number of hydrogen-bond acceptors (Lipinski definition) is 4. The number of H-pyrrole nitrogens is 1. The summed E-state index contributed by atoms with van der Waals surface area (Å²) in [5.41, 5.74) is 3.62. The molecule has 0 saturated carbocycles. The number of nitrogens with one attached hydrogen (secondary N) is 2. The van der Waals surface area contributed by atoms with E-state index in [4.69, 9.17) is 0 Å². The highest BCUT2D eigenvalue weighted by Crippen LogP contribution is 2.23. The van der Waals surface area contributed by atoms with Crippen molar-refractivity contribution in [2.24, 2.45) is 0 Å². The summed E-state index contributed by atoms with van der Waals surface area (Å²) >= 11 is 0. The van der Waals surface area contributed by atoms with Crippen LogP contribution in [0.2, 0.25) is 0 Å². The molecule has 0 fully saturated rings. The molecule has 6 nitrogen and oxygen atoms in total. The molecule has 0 aliphatic carbocycles. The highest BCUT2D eigenvalue weighted by Gasteiger charge is 2.22. The predicted molar refractivity (Wildman–Crippen MR) is 94.5 cm³/mol. The number of fused-ring (bicyclic) bond motifs is 1. The molecule has 0 atom stereocenters. The second kappa shape index (κ2) is 6.05. The molecule has 1 amide bonds. The van der Waals surface area contributed by atoms with Crippen LogP contribution in [0.25, 0.3) is 0 Å². The number of benzene rings is 1. The van der Waals surface area contributed by atoms with Crippen LogP contribution in [0.5, 0.6) is 0 Å². The fourth-order valence-corrected chi connectivity index (χ4v) is 3.21. The highest BCUT2D eigenvalue weighted by molar-refractivity contribution is 5.92. The standard InChI is InChI=1S/C19H17N3O3/c23-17-9-16(18(17)24)22-7-5-13-4-3-12(8-14(13)11-22)10-21-19(25)15-2-1-6-20-15/h1-4,6,8-9,20H,5,7,10-11H2,(H,21,25). The molecule has 2 heterocycles. The van der Waals surface area contributed by atoms with E-state index in [-0.39, 0.29) is 5.91 Å². The molecule has 6 heteroatoms. The Balaban J connectivity index is 1.46. The van der Waals surface area contributed by atoms with E-state index in [1.54, 1.807) is 18.3 Å². The van der Waals surface area contributed by atoms with Gasteiger partial charge in [-0.05, 0) is 35.2 Å². The number of aromatic amines is 1. The van der Waals surface area contributed by atoms with Gasteiger partial charge in [-0.3, -0.25) is 14.4 Å². The van der Waals surface area contributed by atoms with Crippen molar-refractivity contribution < 1.29 is 4.79 Å². The van der Waals surface area contributed by atoms with Crippen molar-refractivity contribution in [1.29, 1.82) is 0 Å². The Hall–Kier alpha value is -3.15. The molecule has 2 aromatic carbocycles. The molecule has 0 saturated heterocycles. The van der Waals surface area contributed by atoms with Crippen LogP contribution in [0.4, 0.5) is 5.69 Å². The fraction of sp³-hybridized carbons (Fsp3) is 0.211. The van der Waals surface area contributed by atoms with Crippen LogP contribution < -0.4 is 21.1 Å². The minimum Gasteiger partial charge on any atom is -0.363 e. The first kappa shape index (κ1) is 15.4. The highest BCUT2D eigenvalue weighted by atomic mass is 16.2. The third kappa shape index (κ3) is 2.87. The summed E-state index contributed by atoms with van der Waals surface area (Å²) in [7, 11) is 0. The van der Waals surface area contributed by atoms with Gasteiger partial charge >= 0.3 is 0 Å². The molecule has 1 aliphatic rings. The van der Waals surface area contributed by atoms with E-state index in [0.717, 1.165) is 24.1 Å². The lowest BCUT2D eigenvalue weighted by atomic mass is 9.96. The van der Waals surface area contributed by atoms with Crippen molar-refractivity contribution in [3.05, 3.63) is 85.4 Å². The second-order valence-electron chi connectivity index (χ2n) is 6.26. The number of aromatic nitrogens is 1. The molecule has 25 heavy (non-hydrogen) atoms. The van der Waals surface area contributed by atoms with E-state index in [1.807, 2.05) is 11.0 Å². The van der Waals surface area contributed by atoms with Gasteiger partial charge in [0.05, 0.1) is 5.69 Å². The molecule has 0 unspecified atom stereocenters. The summed E-state index contributed by atoms with van der Waals surface area (Å²) in [4.78, 5) is 39.6. The summed E-state index contributed by atoms with van der Waals surface area (Å²) in [6.45, 7) is 1.78. The number of rotatable bonds is 4. The lowest BCUT2D eigenvalue weighted by Gasteiger charge is -2.31. The monoisotopic (exact) mass is 335 g/mol. The molecule has 1 aliphatic heterocycles. The zero-order valence-electron chi connectivity index (χ0n) is 13.5. The number of hydrogen-bond donors (Lipinski definition) is 2. The molecule has 2 N–H and O–H groups in total. The van der Waals surface area contributed by atoms with E-state index < -0.39 is 10.9 Å². The average molecular weight is 335 g/mol. The molecule has 126 valence electrons. The molecule has 0 bridgehead atoms. The van der Waals surface area contributed by atoms with Gasteiger partial charge in [0.15, 0.2) is 0 Å². The number of carbonyl (C=O) groups excluding carboxylic acids is 1. The molecule has 4 rings (SSSR count). The van der Waals surface area contributed by atoms with Crippen LogP contribution in [0.3, 0.4) is 0 Å². The normalized spacial score (nSPS) is 13.7. The topological polar surface area (TPSA) is 82.3 Å². The third-order valence-electron chi connectivity index (χ3n) is 4.64. The first-order chi connectivity index (χ1) is 12.1. The van der Waals surface area contributed by atoms with Crippen LogP contribution in [-0.4, -0.2) is 17.4 Å². The number of anilines is 1. The summed E-state index contributed by atoms with van der Waals surface area (Å²) < 4.78 is 0. The van der Waals surface area contributed by atoms with Gasteiger partial charge in [-0.2, -0.15) is 0 Å². The van der Waals surface area contributed by atoms with E-state index in [0.29, 0.717) is 24.5 Å². The largest absolute Gasteiger partial charge is 0.363 e. The van der Waals surface area contributed by atoms with E-state index in [1.165, 1.54) is 11.6 Å². The van der Waals surface area contributed by atoms with Gasteiger partial charge in [0.1, 0.15) is 5.69 Å². The van der Waals surface area contributed by atoms with Gasteiger partial charge in [-0.1, -0.05) is 18.2 Å². The Morgan fingerprint density at radius 2 is 2.04 bits per heavy atom. The number of nitrogens with zero attached hydrogens (tertiary/aromatic N) is 1. The van der Waals surface area contributed by atoms with Gasteiger partial charge in [-0.25, -0.2) is 0 Å². The number of carbonyl (C=O) groups is 1. The Bertz CT molecular complexity index is 998. The Labute approximate surface area is 143 Å². The Kier molecular flexibility index (Phi) is 3.72. The lowest BCUT2D eigenvalue weighted by molar-refractivity contribution is 0.0946. The maximum Gasteiger partial charge on any atom is 0.267 e. The Morgan fingerprint density at radius 3 is 2.76 bits per heavy atom. The Morgan fingerprint density at radius 1 is 1.16 bits per heavy atom. The summed E-state index contributed by atoms with van der Waals surface area (Å²) in [5.74, 6) is -0.145. The zero-order valence-corrected chi connectivity index (χ0v) is 13.5. The fourth-order valence-electron chi connectivity index (χ4n) is 3.21. The molecule has 1 aromatic heterocycles. The van der Waals surface area contributed by atoms with Crippen molar-refractivity contribution in [3.8, 4) is 0 Å². The van der Waals surface area contributed by atoms with Crippen molar-refractivity contribution in [1.82, 2.24) is 10.3 Å². The van der Waals surface area contributed by atoms with Crippen LogP contribution in [0.15, 0.2) is 52.2 Å². The van der Waals surface area contributed by atoms with Crippen LogP contribution >= 0.6 is 0 Å². The number of amides is 1. The van der Waals surface area contributed by atoms with Gasteiger partial charge in [0.25, 0.3) is 5.91 Å². The summed E-state index contributed by atoms with van der Waals surface area (Å²) in [6, 6.07) is 11.1. The smallest absolute Gasteiger partial charge is 0.267 e. The van der Waals surface area contributed by atoms with Gasteiger partial charge in [0.2, 0.25) is 10.9 Å². The summed E-state index contributed by atoms with van der Waals surface area (Å²) in [5, 5.41) is 2.88. The van der Waals surface area contributed by atoms with Gasteiger partial charge in [0, 0.05) is 31.9 Å². The van der Waals surface area contributed by atoms with Crippen molar-refractivity contribution >= 4 is 11.6 Å². The zero-order chi connectivity index (χ0) is 17.4. The molecule has 0 spiro atoms. The molecular weight excluding hydrogens is 318 g/mol. The minimum atomic E-state index is -0.415. The van der Waals surface area contributed by atoms with Crippen molar-refractivity contribution in [2.75, 3.05) is 11.4 Å². The quantitative estimate of drug-likeness (QED) is 0.700. The molecule has 0 radical (unpaired) electrons. The molecular formula is C19H17N3O3. The van der Waals surface area contributed by atoms with Crippen molar-refractivity contribution in [3.63, 3.8) is 0 Å². The lowest BCUT2D eigenvalue weighted by Crippen LogP contribution is -2.41. The second-order valence-corrected chi connectivity index (χ2v) is 6.26. The summed E-state index contributed by atoms with van der Waals surface area (Å²) in [6.07, 6.45) is 2.55. The minimum absolute atomic E-state index is 0.145. The van der Waals surface area contributed by atoms with Crippen LogP contribution in [-0.2, 0) is 19.5 Å². The maximum absolute atomic E-state index is 12.0. The van der Waals surface area contributed by atoms with E-state index in [9.17, 15) is 14.4 Å². The van der Waals surface area contributed by atoms with E-state index >= 15 is 0 Å². The first-order valence-corrected chi connectivity index (χ1v) is 8.19. The SMILES string of the molecule is O=C(NCc1ccc2c(c1)CN(c1cc(=O)c1=O)CC2)c1ccc[nH]1. The van der Waals surface area contributed by atoms with Crippen LogP contribution in [0, 0.1) is 0 Å². The van der Waals surface area contributed by atoms with Gasteiger partial charge < -0.3 is 15.2 Å². The first-order valence-electron chi connectivity index (χ1n) is 8.19. The van der Waals surface area contributed by atoms with Crippen molar-refractivity contribution in [2.45, 2.75) is 19.5 Å². The van der Waals surface area contributed by atoms with Gasteiger partial charge in [-0.15, -0.1) is 0 Å². The van der Waals surface area contributed by atoms with Crippen LogP contribution in [0.1, 0.15) is 27.2 Å². The third-order valence-corrected chi connectivity index (χ3v) is 4.64. The predicted octanol–water partition coefficient (Wildman–Crippen LogP) is 1.10.